The van der Waals surface area contributed by atoms with Gasteiger partial charge in [0.15, 0.2) is 10.1 Å². The minimum atomic E-state index is -4.93. The minimum absolute atomic E-state index is 0.0155. The van der Waals surface area contributed by atoms with Crippen molar-refractivity contribution in [1.29, 1.82) is 0 Å². The Morgan fingerprint density at radius 1 is 1.07 bits per heavy atom. The number of ether oxygens (including phenoxy) is 2. The predicted molar refractivity (Wildman–Crippen MR) is 101 cm³/mol. The number of halogens is 5. The first-order valence-electron chi connectivity index (χ1n) is 8.39. The molecule has 1 N–H and O–H groups in total. The molecule has 0 aromatic heterocycles. The smallest absolute Gasteiger partial charge is 0.431 e. The van der Waals surface area contributed by atoms with Gasteiger partial charge in [0.05, 0.1) is 18.8 Å². The van der Waals surface area contributed by atoms with E-state index in [1.165, 1.54) is 0 Å². The van der Waals surface area contributed by atoms with Crippen LogP contribution in [0.5, 0.6) is 0 Å². The zero-order valence-corrected chi connectivity index (χ0v) is 17.0. The second kappa shape index (κ2) is 9.77. The molecule has 1 aliphatic rings. The zero-order valence-electron chi connectivity index (χ0n) is 15.4. The topological polar surface area (TPSA) is 30.5 Å². The lowest BCUT2D eigenvalue weighted by Crippen LogP contribution is -2.48. The van der Waals surface area contributed by atoms with Crippen molar-refractivity contribution in [3.05, 3.63) is 22.4 Å². The first kappa shape index (κ1) is 23.7. The maximum absolute atomic E-state index is 13.7. The fraction of sp³-hybridized carbons (Fsp3) is 0.647. The monoisotopic (exact) mass is 431 g/mol. The summed E-state index contributed by atoms with van der Waals surface area (Å²) in [6, 6.07) is -1.96. The van der Waals surface area contributed by atoms with E-state index in [0.717, 1.165) is 0 Å². The highest BCUT2D eigenvalue weighted by Crippen LogP contribution is 2.40. The van der Waals surface area contributed by atoms with E-state index >= 15 is 0 Å². The summed E-state index contributed by atoms with van der Waals surface area (Å²) in [4.78, 5) is 0. The summed E-state index contributed by atoms with van der Waals surface area (Å²) in [5.74, 6) is -0.148. The molecule has 1 heterocycles. The van der Waals surface area contributed by atoms with Crippen LogP contribution in [0.2, 0.25) is 0 Å². The molecule has 10 heteroatoms. The van der Waals surface area contributed by atoms with Crippen molar-refractivity contribution in [2.75, 3.05) is 13.2 Å². The van der Waals surface area contributed by atoms with E-state index in [-0.39, 0.29) is 41.7 Å². The molecule has 154 valence electrons. The van der Waals surface area contributed by atoms with Crippen molar-refractivity contribution in [3.63, 3.8) is 0 Å². The molecule has 0 fully saturated rings. The molecule has 0 saturated carbocycles. The lowest BCUT2D eigenvalue weighted by atomic mass is 9.85. The molecule has 3 nitrogen and oxygen atoms in total. The highest BCUT2D eigenvalue weighted by molar-refractivity contribution is 7.80. The lowest BCUT2D eigenvalue weighted by Gasteiger charge is -2.35. The average Bonchev–Trinajstić information content (AvgIpc) is 2.52. The van der Waals surface area contributed by atoms with Crippen LogP contribution in [-0.2, 0) is 9.47 Å². The molecule has 0 saturated heterocycles. The number of thiocarbonyl (C=S) groups is 2. The quantitative estimate of drug-likeness (QED) is 0.447. The summed E-state index contributed by atoms with van der Waals surface area (Å²) in [6.07, 6.45) is -8.01. The largest absolute Gasteiger partial charge is 0.483 e. The SMILES string of the molecule is CCOC(=S)C1=C(C(F)(F)F)NC(C(F)F)C(C(=S)OCC)=C1CC(C)C. The van der Waals surface area contributed by atoms with Crippen LogP contribution < -0.4 is 5.32 Å². The van der Waals surface area contributed by atoms with Gasteiger partial charge in [-0.15, -0.1) is 0 Å². The van der Waals surface area contributed by atoms with Crippen molar-refractivity contribution >= 4 is 34.5 Å². The van der Waals surface area contributed by atoms with Crippen molar-refractivity contribution in [1.82, 2.24) is 5.32 Å². The van der Waals surface area contributed by atoms with Crippen LogP contribution in [-0.4, -0.2) is 42.0 Å². The van der Waals surface area contributed by atoms with Gasteiger partial charge in [-0.05, 0) is 56.2 Å². The zero-order chi connectivity index (χ0) is 20.9. The van der Waals surface area contributed by atoms with E-state index in [2.05, 4.69) is 0 Å². The first-order chi connectivity index (χ1) is 12.4. The number of rotatable bonds is 7. The lowest BCUT2D eigenvalue weighted by molar-refractivity contribution is -0.0998. The van der Waals surface area contributed by atoms with Gasteiger partial charge in [0.25, 0.3) is 6.43 Å². The Bertz CT molecular complexity index is 642. The summed E-state index contributed by atoms with van der Waals surface area (Å²) in [7, 11) is 0. The van der Waals surface area contributed by atoms with Crippen LogP contribution in [0.1, 0.15) is 34.1 Å². The van der Waals surface area contributed by atoms with Gasteiger partial charge < -0.3 is 14.8 Å². The summed E-state index contributed by atoms with van der Waals surface area (Å²) < 4.78 is 78.6. The Morgan fingerprint density at radius 2 is 1.59 bits per heavy atom. The Balaban J connectivity index is 3.83. The summed E-state index contributed by atoms with van der Waals surface area (Å²) >= 11 is 10.1. The molecule has 1 aliphatic heterocycles. The number of dihydropyridines is 1. The molecule has 0 aliphatic carbocycles. The second-order valence-corrected chi connectivity index (χ2v) is 6.88. The molecule has 0 bridgehead atoms. The van der Waals surface area contributed by atoms with E-state index in [4.69, 9.17) is 33.9 Å². The van der Waals surface area contributed by atoms with Crippen LogP contribution in [0, 0.1) is 5.92 Å². The van der Waals surface area contributed by atoms with E-state index in [1.54, 1.807) is 27.7 Å². The van der Waals surface area contributed by atoms with E-state index in [9.17, 15) is 22.0 Å². The van der Waals surface area contributed by atoms with E-state index in [0.29, 0.717) is 0 Å². The van der Waals surface area contributed by atoms with Crippen LogP contribution in [0.25, 0.3) is 0 Å². The Kier molecular flexibility index (Phi) is 8.59. The molecule has 0 amide bonds. The highest BCUT2D eigenvalue weighted by atomic mass is 32.1. The van der Waals surface area contributed by atoms with Crippen molar-refractivity contribution in [2.45, 2.75) is 52.8 Å². The maximum Gasteiger partial charge on any atom is 0.431 e. The van der Waals surface area contributed by atoms with Crippen molar-refractivity contribution in [2.24, 2.45) is 5.92 Å². The normalized spacial score (nSPS) is 18.1. The number of allylic oxidation sites excluding steroid dienone is 1. The fourth-order valence-electron chi connectivity index (χ4n) is 2.69. The molecule has 27 heavy (non-hydrogen) atoms. The van der Waals surface area contributed by atoms with Gasteiger partial charge in [-0.2, -0.15) is 13.2 Å². The van der Waals surface area contributed by atoms with Gasteiger partial charge in [0, 0.05) is 5.57 Å². The fourth-order valence-corrected chi connectivity index (χ4v) is 3.40. The maximum atomic E-state index is 13.7. The van der Waals surface area contributed by atoms with Gasteiger partial charge in [-0.3, -0.25) is 0 Å². The van der Waals surface area contributed by atoms with E-state index in [1.807, 2.05) is 5.32 Å². The average molecular weight is 431 g/mol. The molecule has 0 aromatic carbocycles. The van der Waals surface area contributed by atoms with Crippen LogP contribution in [0.4, 0.5) is 22.0 Å². The van der Waals surface area contributed by atoms with Gasteiger partial charge in [-0.1, -0.05) is 13.8 Å². The standard InChI is InChI=1S/C17H22F5NO2S2/c1-5-24-15(26)10-9(7-8(3)4)11(16(27)25-6-2)13(17(20,21)22)23-12(10)14(18)19/h8,12,14,23H,5-7H2,1-4H3. The number of alkyl halides is 5. The molecule has 1 atom stereocenters. The molecule has 0 aromatic rings. The first-order valence-corrected chi connectivity index (χ1v) is 9.21. The Labute approximate surface area is 166 Å². The molecular formula is C17H22F5NO2S2. The number of nitrogens with one attached hydrogen (secondary N) is 1. The summed E-state index contributed by atoms with van der Waals surface area (Å²) in [6.45, 7) is 6.80. The Hall–Kier alpha value is -1.29. The second-order valence-electron chi connectivity index (χ2n) is 6.14. The van der Waals surface area contributed by atoms with Gasteiger partial charge in [0.1, 0.15) is 11.7 Å². The molecule has 1 unspecified atom stereocenters. The van der Waals surface area contributed by atoms with Gasteiger partial charge >= 0.3 is 6.18 Å². The predicted octanol–water partition coefficient (Wildman–Crippen LogP) is 5.11. The Morgan fingerprint density at radius 3 is 2.00 bits per heavy atom. The molecule has 0 spiro atoms. The third kappa shape index (κ3) is 5.84. The van der Waals surface area contributed by atoms with E-state index < -0.39 is 35.0 Å². The van der Waals surface area contributed by atoms with Gasteiger partial charge in [-0.25, -0.2) is 8.78 Å². The number of hydrogen-bond donors (Lipinski definition) is 1. The summed E-state index contributed by atoms with van der Waals surface area (Å²) in [5, 5.41) is 1.19. The molecule has 1 rings (SSSR count). The summed E-state index contributed by atoms with van der Waals surface area (Å²) in [5.41, 5.74) is -1.99. The number of hydrogen-bond acceptors (Lipinski definition) is 5. The minimum Gasteiger partial charge on any atom is -0.483 e. The molecule has 0 radical (unpaired) electrons. The van der Waals surface area contributed by atoms with Crippen molar-refractivity contribution in [3.8, 4) is 0 Å². The van der Waals surface area contributed by atoms with Gasteiger partial charge in [0.2, 0.25) is 0 Å². The third-order valence-electron chi connectivity index (χ3n) is 3.61. The van der Waals surface area contributed by atoms with Crippen molar-refractivity contribution < 1.29 is 31.4 Å². The van der Waals surface area contributed by atoms with Crippen LogP contribution in [0.3, 0.4) is 0 Å². The molecular weight excluding hydrogens is 409 g/mol. The van der Waals surface area contributed by atoms with Crippen LogP contribution >= 0.6 is 24.4 Å². The van der Waals surface area contributed by atoms with Crippen LogP contribution in [0.15, 0.2) is 22.4 Å². The highest BCUT2D eigenvalue weighted by Gasteiger charge is 2.47. The third-order valence-corrected chi connectivity index (χ3v) is 4.27.